The molecule has 5 heteroatoms. The fourth-order valence-corrected chi connectivity index (χ4v) is 2.49. The Balaban J connectivity index is 3.05. The Hall–Kier alpha value is -0.550. The number of rotatable bonds is 5. The summed E-state index contributed by atoms with van der Waals surface area (Å²) in [6.07, 6.45) is -3.46. The Morgan fingerprint density at radius 1 is 1.21 bits per heavy atom. The summed E-state index contributed by atoms with van der Waals surface area (Å²) >= 11 is 3.03. The van der Waals surface area contributed by atoms with E-state index in [1.807, 2.05) is 13.8 Å². The van der Waals surface area contributed by atoms with E-state index >= 15 is 0 Å². The molecule has 0 saturated heterocycles. The molecule has 0 spiro atoms. The van der Waals surface area contributed by atoms with Crippen LogP contribution in [0.25, 0.3) is 0 Å². The second-order valence-corrected chi connectivity index (χ2v) is 5.58. The molecule has 0 bridgehead atoms. The van der Waals surface area contributed by atoms with Gasteiger partial charge in [0.2, 0.25) is 0 Å². The van der Waals surface area contributed by atoms with Crippen molar-refractivity contribution >= 4 is 15.9 Å². The first-order valence-corrected chi connectivity index (χ1v) is 7.13. The summed E-state index contributed by atoms with van der Waals surface area (Å²) in [6.45, 7) is 3.96. The van der Waals surface area contributed by atoms with Gasteiger partial charge in [-0.1, -0.05) is 48.7 Å². The summed E-state index contributed by atoms with van der Waals surface area (Å²) in [5, 5.41) is 10.1. The molecule has 0 radical (unpaired) electrons. The molecule has 1 aromatic carbocycles. The zero-order valence-corrected chi connectivity index (χ0v) is 12.6. The Labute approximate surface area is 120 Å². The second kappa shape index (κ2) is 6.75. The van der Waals surface area contributed by atoms with Crippen LogP contribution in [-0.4, -0.2) is 5.11 Å². The van der Waals surface area contributed by atoms with Crippen LogP contribution in [0.3, 0.4) is 0 Å². The van der Waals surface area contributed by atoms with Gasteiger partial charge in [-0.05, 0) is 30.0 Å². The van der Waals surface area contributed by atoms with Crippen LogP contribution in [0, 0.1) is 5.92 Å². The van der Waals surface area contributed by atoms with Crippen LogP contribution in [0.15, 0.2) is 22.7 Å². The summed E-state index contributed by atoms with van der Waals surface area (Å²) in [5.41, 5.74) is -0.803. The lowest BCUT2D eigenvalue weighted by Crippen LogP contribution is -2.14. The normalized spacial score (nSPS) is 13.9. The van der Waals surface area contributed by atoms with Gasteiger partial charge < -0.3 is 5.11 Å². The topological polar surface area (TPSA) is 20.2 Å². The number of benzene rings is 1. The van der Waals surface area contributed by atoms with E-state index in [0.717, 1.165) is 18.9 Å². The van der Waals surface area contributed by atoms with Crippen molar-refractivity contribution in [1.82, 2.24) is 0 Å². The Kier molecular flexibility index (Phi) is 5.86. The predicted molar refractivity (Wildman–Crippen MR) is 72.8 cm³/mol. The van der Waals surface area contributed by atoms with Gasteiger partial charge in [0.25, 0.3) is 0 Å². The van der Waals surface area contributed by atoms with Gasteiger partial charge >= 0.3 is 6.18 Å². The van der Waals surface area contributed by atoms with E-state index in [-0.39, 0.29) is 11.5 Å². The number of aliphatic hydroxyl groups excluding tert-OH is 1. The number of hydrogen-bond donors (Lipinski definition) is 1. The Bertz CT molecular complexity index is 414. The van der Waals surface area contributed by atoms with E-state index in [4.69, 9.17) is 0 Å². The molecule has 0 aliphatic carbocycles. The molecule has 1 rings (SSSR count). The van der Waals surface area contributed by atoms with Gasteiger partial charge in [-0.25, -0.2) is 0 Å². The summed E-state index contributed by atoms with van der Waals surface area (Å²) < 4.78 is 39.2. The van der Waals surface area contributed by atoms with Gasteiger partial charge in [0.1, 0.15) is 0 Å². The molecule has 0 amide bonds. The summed E-state index contributed by atoms with van der Waals surface area (Å²) in [7, 11) is 0. The molecule has 0 fully saturated rings. The van der Waals surface area contributed by atoms with Crippen molar-refractivity contribution < 1.29 is 18.3 Å². The van der Waals surface area contributed by atoms with Crippen molar-refractivity contribution in [3.8, 4) is 0 Å². The first-order valence-electron chi connectivity index (χ1n) is 6.34. The highest BCUT2D eigenvalue weighted by Crippen LogP contribution is 2.38. The van der Waals surface area contributed by atoms with E-state index in [1.54, 1.807) is 0 Å². The van der Waals surface area contributed by atoms with Gasteiger partial charge in [0.15, 0.2) is 0 Å². The monoisotopic (exact) mass is 338 g/mol. The minimum atomic E-state index is -4.45. The van der Waals surface area contributed by atoms with Crippen LogP contribution in [0.2, 0.25) is 0 Å². The maximum absolute atomic E-state index is 13.0. The van der Waals surface area contributed by atoms with E-state index in [2.05, 4.69) is 15.9 Å². The van der Waals surface area contributed by atoms with Gasteiger partial charge in [-0.3, -0.25) is 0 Å². The van der Waals surface area contributed by atoms with Crippen molar-refractivity contribution in [2.75, 3.05) is 0 Å². The highest BCUT2D eigenvalue weighted by Gasteiger charge is 2.35. The number of aliphatic hydroxyl groups is 1. The van der Waals surface area contributed by atoms with Crippen LogP contribution < -0.4 is 0 Å². The molecule has 0 aromatic heterocycles. The van der Waals surface area contributed by atoms with Crippen molar-refractivity contribution in [3.63, 3.8) is 0 Å². The van der Waals surface area contributed by atoms with Crippen molar-refractivity contribution in [1.29, 1.82) is 0 Å². The number of alkyl halides is 3. The third kappa shape index (κ3) is 4.49. The van der Waals surface area contributed by atoms with Gasteiger partial charge in [0.05, 0.1) is 11.7 Å². The smallest absolute Gasteiger partial charge is 0.388 e. The summed E-state index contributed by atoms with van der Waals surface area (Å²) in [5.74, 6) is 0.236. The molecule has 0 aliphatic rings. The highest BCUT2D eigenvalue weighted by atomic mass is 79.9. The summed E-state index contributed by atoms with van der Waals surface area (Å²) in [6, 6.07) is 3.89. The van der Waals surface area contributed by atoms with Crippen LogP contribution in [0.5, 0.6) is 0 Å². The zero-order chi connectivity index (χ0) is 14.6. The minimum Gasteiger partial charge on any atom is -0.388 e. The first-order chi connectivity index (χ1) is 8.79. The molecule has 19 heavy (non-hydrogen) atoms. The maximum atomic E-state index is 13.0. The lowest BCUT2D eigenvalue weighted by atomic mass is 9.91. The fraction of sp³-hybridized carbons (Fsp3) is 0.571. The van der Waals surface area contributed by atoms with Crippen LogP contribution in [0.1, 0.15) is 50.3 Å². The van der Waals surface area contributed by atoms with E-state index in [1.165, 1.54) is 12.1 Å². The van der Waals surface area contributed by atoms with Gasteiger partial charge in [0, 0.05) is 4.47 Å². The van der Waals surface area contributed by atoms with E-state index in [0.29, 0.717) is 10.9 Å². The molecule has 0 aliphatic heterocycles. The van der Waals surface area contributed by atoms with Gasteiger partial charge in [-0.2, -0.15) is 13.2 Å². The standard InChI is InChI=1S/C14H18BrF3O/c1-3-9(4-2)7-13(19)11-6-5-10(15)8-12(11)14(16,17)18/h5-6,8-9,13,19H,3-4,7H2,1-2H3. The quantitative estimate of drug-likeness (QED) is 0.769. The molecule has 1 N–H and O–H groups in total. The molecule has 0 saturated carbocycles. The minimum absolute atomic E-state index is 0.0393. The van der Waals surface area contributed by atoms with Crippen molar-refractivity contribution in [2.24, 2.45) is 5.92 Å². The SMILES string of the molecule is CCC(CC)CC(O)c1ccc(Br)cc1C(F)(F)F. The van der Waals surface area contributed by atoms with Crippen LogP contribution >= 0.6 is 15.9 Å². The molecule has 1 aromatic rings. The van der Waals surface area contributed by atoms with E-state index in [9.17, 15) is 18.3 Å². The van der Waals surface area contributed by atoms with Gasteiger partial charge in [-0.15, -0.1) is 0 Å². The third-order valence-electron chi connectivity index (χ3n) is 3.39. The highest BCUT2D eigenvalue weighted by molar-refractivity contribution is 9.10. The number of hydrogen-bond acceptors (Lipinski definition) is 1. The lowest BCUT2D eigenvalue weighted by Gasteiger charge is -2.21. The van der Waals surface area contributed by atoms with E-state index < -0.39 is 17.8 Å². The van der Waals surface area contributed by atoms with Crippen molar-refractivity contribution in [2.45, 2.75) is 45.4 Å². The largest absolute Gasteiger partial charge is 0.416 e. The second-order valence-electron chi connectivity index (χ2n) is 4.66. The molecular weight excluding hydrogens is 321 g/mol. The molecule has 1 nitrogen and oxygen atoms in total. The first kappa shape index (κ1) is 16.5. The van der Waals surface area contributed by atoms with Crippen LogP contribution in [0.4, 0.5) is 13.2 Å². The molecule has 0 heterocycles. The molecule has 1 atom stereocenters. The third-order valence-corrected chi connectivity index (χ3v) is 3.88. The average Bonchev–Trinajstić information content (AvgIpc) is 2.34. The summed E-state index contributed by atoms with van der Waals surface area (Å²) in [4.78, 5) is 0. The van der Waals surface area contributed by atoms with Crippen LogP contribution in [-0.2, 0) is 6.18 Å². The van der Waals surface area contributed by atoms with Crippen molar-refractivity contribution in [3.05, 3.63) is 33.8 Å². The Morgan fingerprint density at radius 2 is 1.79 bits per heavy atom. The average molecular weight is 339 g/mol. The molecule has 108 valence electrons. The predicted octanol–water partition coefficient (Wildman–Crippen LogP) is 5.33. The zero-order valence-electron chi connectivity index (χ0n) is 11.0. The lowest BCUT2D eigenvalue weighted by molar-refractivity contribution is -0.139. The molecular formula is C14H18BrF3O. The fourth-order valence-electron chi connectivity index (χ4n) is 2.13. The molecule has 1 unspecified atom stereocenters. The Morgan fingerprint density at radius 3 is 2.26 bits per heavy atom. The maximum Gasteiger partial charge on any atom is 0.416 e. The number of halogens is 4.